The summed E-state index contributed by atoms with van der Waals surface area (Å²) in [4.78, 5) is 3.04. The molecule has 0 aliphatic heterocycles. The van der Waals surface area contributed by atoms with Crippen LogP contribution in [0.2, 0.25) is 25.1 Å². The monoisotopic (exact) mass is 461 g/mol. The van der Waals surface area contributed by atoms with Crippen molar-refractivity contribution in [3.8, 4) is 11.3 Å². The number of nitrogens with zero attached hydrogens (tertiary/aromatic N) is 1. The Labute approximate surface area is 161 Å². The zero-order valence-electron chi connectivity index (χ0n) is 11.3. The molecule has 2 aromatic rings. The zero-order chi connectivity index (χ0) is 19.3. The molecule has 0 bridgehead atoms. The van der Waals surface area contributed by atoms with Crippen LogP contribution >= 0.6 is 58.0 Å². The van der Waals surface area contributed by atoms with Gasteiger partial charge in [0.2, 0.25) is 0 Å². The zero-order valence-corrected chi connectivity index (χ0v) is 15.0. The molecular weight excluding hydrogens is 461 g/mol. The van der Waals surface area contributed by atoms with Gasteiger partial charge in [0, 0.05) is 5.56 Å². The van der Waals surface area contributed by atoms with Crippen LogP contribution in [0.25, 0.3) is 11.3 Å². The maximum Gasteiger partial charge on any atom is 0.433 e. The van der Waals surface area contributed by atoms with Crippen LogP contribution in [-0.4, -0.2) is 4.98 Å². The molecule has 1 nitrogen and oxygen atoms in total. The fourth-order valence-corrected chi connectivity index (χ4v) is 3.17. The van der Waals surface area contributed by atoms with E-state index in [1.54, 1.807) is 0 Å². The summed E-state index contributed by atoms with van der Waals surface area (Å²) in [6, 6.07) is 0.404. The molecule has 1 aromatic heterocycles. The third-order valence-corrected chi connectivity index (χ3v) is 5.21. The van der Waals surface area contributed by atoms with E-state index in [4.69, 9.17) is 58.0 Å². The summed E-state index contributed by atoms with van der Waals surface area (Å²) >= 11 is 29.0. The summed E-state index contributed by atoms with van der Waals surface area (Å²) in [5.74, 6) is 0. The lowest BCUT2D eigenvalue weighted by Crippen LogP contribution is -2.14. The van der Waals surface area contributed by atoms with Crippen molar-refractivity contribution in [3.63, 3.8) is 0 Å². The Kier molecular flexibility index (Phi) is 5.67. The molecule has 0 N–H and O–H groups in total. The second-order valence-corrected chi connectivity index (χ2v) is 6.42. The van der Waals surface area contributed by atoms with Gasteiger partial charge >= 0.3 is 12.4 Å². The topological polar surface area (TPSA) is 12.9 Å². The minimum Gasteiger partial charge on any atom is -0.243 e. The minimum absolute atomic E-state index is 0.188. The van der Waals surface area contributed by atoms with Crippen LogP contribution in [0.1, 0.15) is 11.3 Å². The number of hydrogen-bond donors (Lipinski definition) is 0. The molecule has 0 spiro atoms. The van der Waals surface area contributed by atoms with E-state index in [0.29, 0.717) is 0 Å². The summed E-state index contributed by atoms with van der Waals surface area (Å²) in [5, 5.41) is -2.53. The van der Waals surface area contributed by atoms with Crippen LogP contribution in [0.3, 0.4) is 0 Å². The first-order chi connectivity index (χ1) is 11.3. The van der Waals surface area contributed by atoms with E-state index < -0.39 is 55.0 Å². The highest BCUT2D eigenvalue weighted by Gasteiger charge is 2.40. The van der Waals surface area contributed by atoms with Crippen molar-refractivity contribution in [2.24, 2.45) is 0 Å². The molecule has 0 aliphatic rings. The number of hydrogen-bond acceptors (Lipinski definition) is 1. The van der Waals surface area contributed by atoms with Crippen molar-refractivity contribution in [3.05, 3.63) is 48.5 Å². The van der Waals surface area contributed by atoms with Crippen molar-refractivity contribution in [2.45, 2.75) is 12.4 Å². The van der Waals surface area contributed by atoms with Gasteiger partial charge in [0.15, 0.2) is 0 Å². The van der Waals surface area contributed by atoms with Gasteiger partial charge in [-0.25, -0.2) is 4.98 Å². The summed E-state index contributed by atoms with van der Waals surface area (Å²) in [6.45, 7) is 0. The quantitative estimate of drug-likeness (QED) is 0.237. The molecule has 1 aromatic carbocycles. The number of alkyl halides is 6. The van der Waals surface area contributed by atoms with E-state index in [-0.39, 0.29) is 17.2 Å². The summed E-state index contributed by atoms with van der Waals surface area (Å²) in [6.07, 6.45) is -10.0. The second-order valence-electron chi connectivity index (χ2n) is 4.53. The fraction of sp³-hybridized carbons (Fsp3) is 0.154. The molecule has 0 radical (unpaired) electrons. The van der Waals surface area contributed by atoms with Crippen molar-refractivity contribution in [1.29, 1.82) is 0 Å². The number of aromatic nitrogens is 1. The number of pyridine rings is 1. The second kappa shape index (κ2) is 6.85. The standard InChI is InChI=1S/C13H2Cl5F6N/c14-6-5(7(15)9(17)10(18)8(6)16)11-3(12(19,20)21)1-2-4(25-11)13(22,23)24/h1-2H. The van der Waals surface area contributed by atoms with Crippen LogP contribution in [0.5, 0.6) is 0 Å². The van der Waals surface area contributed by atoms with Gasteiger partial charge in [-0.15, -0.1) is 0 Å². The molecule has 25 heavy (non-hydrogen) atoms. The van der Waals surface area contributed by atoms with Gasteiger partial charge in [-0.05, 0) is 12.1 Å². The average molecular weight is 463 g/mol. The number of rotatable bonds is 1. The molecule has 0 aliphatic carbocycles. The highest BCUT2D eigenvalue weighted by molar-refractivity contribution is 6.56. The van der Waals surface area contributed by atoms with Crippen LogP contribution in [0.4, 0.5) is 26.3 Å². The highest BCUT2D eigenvalue weighted by atomic mass is 35.5. The molecule has 0 fully saturated rings. The molecule has 0 saturated carbocycles. The third kappa shape index (κ3) is 3.90. The minimum atomic E-state index is -5.04. The molecule has 1 heterocycles. The maximum absolute atomic E-state index is 13.2. The normalized spacial score (nSPS) is 12.6. The molecule has 12 heteroatoms. The van der Waals surface area contributed by atoms with Gasteiger partial charge in [-0.2, -0.15) is 26.3 Å². The molecule has 0 unspecified atom stereocenters. The highest BCUT2D eigenvalue weighted by Crippen LogP contribution is 2.50. The Bertz CT molecular complexity index is 817. The first-order valence-corrected chi connectivity index (χ1v) is 7.83. The lowest BCUT2D eigenvalue weighted by atomic mass is 10.0. The van der Waals surface area contributed by atoms with Gasteiger partial charge in [-0.1, -0.05) is 58.0 Å². The number of benzene rings is 1. The smallest absolute Gasteiger partial charge is 0.243 e. The van der Waals surface area contributed by atoms with E-state index in [2.05, 4.69) is 4.98 Å². The summed E-state index contributed by atoms with van der Waals surface area (Å²) < 4.78 is 78.2. The Morgan fingerprint density at radius 2 is 1.08 bits per heavy atom. The van der Waals surface area contributed by atoms with Crippen LogP contribution in [0, 0.1) is 0 Å². The van der Waals surface area contributed by atoms with Gasteiger partial charge in [0.05, 0.1) is 36.4 Å². The lowest BCUT2D eigenvalue weighted by molar-refractivity contribution is -0.144. The average Bonchev–Trinajstić information content (AvgIpc) is 2.49. The van der Waals surface area contributed by atoms with Crippen LogP contribution in [-0.2, 0) is 12.4 Å². The van der Waals surface area contributed by atoms with Crippen molar-refractivity contribution in [2.75, 3.05) is 0 Å². The van der Waals surface area contributed by atoms with Gasteiger partial charge in [0.1, 0.15) is 5.69 Å². The third-order valence-electron chi connectivity index (χ3n) is 2.94. The SMILES string of the molecule is FC(F)(F)c1ccc(C(F)(F)F)c(-c2c(Cl)c(Cl)c(Cl)c(Cl)c2Cl)n1. The van der Waals surface area contributed by atoms with Gasteiger partial charge < -0.3 is 0 Å². The van der Waals surface area contributed by atoms with E-state index >= 15 is 0 Å². The van der Waals surface area contributed by atoms with E-state index in [1.807, 2.05) is 0 Å². The van der Waals surface area contributed by atoms with Gasteiger partial charge in [-0.3, -0.25) is 0 Å². The first kappa shape index (κ1) is 20.7. The Morgan fingerprint density at radius 3 is 1.48 bits per heavy atom. The Morgan fingerprint density at radius 1 is 0.640 bits per heavy atom. The van der Waals surface area contributed by atoms with Crippen molar-refractivity contribution < 1.29 is 26.3 Å². The number of halogens is 11. The molecule has 0 saturated heterocycles. The molecular formula is C13H2Cl5F6N. The lowest BCUT2D eigenvalue weighted by Gasteiger charge is -2.18. The molecule has 136 valence electrons. The van der Waals surface area contributed by atoms with Gasteiger partial charge in [0.25, 0.3) is 0 Å². The molecule has 2 rings (SSSR count). The fourth-order valence-electron chi connectivity index (χ4n) is 1.85. The summed E-state index contributed by atoms with van der Waals surface area (Å²) in [5.41, 5.74) is -4.96. The van der Waals surface area contributed by atoms with E-state index in [0.717, 1.165) is 0 Å². The molecule has 0 amide bonds. The largest absolute Gasteiger partial charge is 0.433 e. The first-order valence-electron chi connectivity index (χ1n) is 5.94. The van der Waals surface area contributed by atoms with E-state index in [1.165, 1.54) is 0 Å². The Balaban J connectivity index is 2.96. The predicted octanol–water partition coefficient (Wildman–Crippen LogP) is 8.05. The van der Waals surface area contributed by atoms with Crippen LogP contribution < -0.4 is 0 Å². The van der Waals surface area contributed by atoms with Crippen LogP contribution in [0.15, 0.2) is 12.1 Å². The molecule has 0 atom stereocenters. The van der Waals surface area contributed by atoms with Crippen molar-refractivity contribution >= 4 is 58.0 Å². The Hall–Kier alpha value is -0.600. The predicted molar refractivity (Wildman–Crippen MR) is 84.7 cm³/mol. The summed E-state index contributed by atoms with van der Waals surface area (Å²) in [7, 11) is 0. The van der Waals surface area contributed by atoms with Crippen molar-refractivity contribution in [1.82, 2.24) is 4.98 Å². The van der Waals surface area contributed by atoms with E-state index in [9.17, 15) is 26.3 Å². The maximum atomic E-state index is 13.2.